The third-order valence-electron chi connectivity index (χ3n) is 7.07. The molecule has 1 N–H and O–H groups in total. The van der Waals surface area contributed by atoms with E-state index in [9.17, 15) is 9.90 Å². The second-order valence-electron chi connectivity index (χ2n) is 10.5. The van der Waals surface area contributed by atoms with Crippen molar-refractivity contribution in [1.29, 1.82) is 0 Å². The van der Waals surface area contributed by atoms with E-state index in [0.29, 0.717) is 25.3 Å². The monoisotopic (exact) mass is 516 g/mol. The number of ether oxygens (including phenoxy) is 1. The van der Waals surface area contributed by atoms with E-state index in [1.165, 1.54) is 0 Å². The molecule has 0 atom stereocenters. The quantitative estimate of drug-likeness (QED) is 0.251. The Morgan fingerprint density at radius 3 is 2.62 bits per heavy atom. The van der Waals surface area contributed by atoms with Gasteiger partial charge in [0.05, 0.1) is 27.7 Å². The molecule has 0 spiro atoms. The molecule has 6 aromatic rings. The minimum atomic E-state index is -0.963. The topological polar surface area (TPSA) is 90.1 Å². The second-order valence-corrected chi connectivity index (χ2v) is 10.5. The zero-order chi connectivity index (χ0) is 27.0. The number of benzene rings is 3. The van der Waals surface area contributed by atoms with Crippen LogP contribution in [0.25, 0.3) is 32.7 Å². The number of nitrogens with zero attached hydrogens (tertiary/aromatic N) is 4. The highest BCUT2D eigenvalue weighted by Crippen LogP contribution is 2.29. The first-order valence-corrected chi connectivity index (χ1v) is 12.9. The molecule has 0 radical (unpaired) electrons. The van der Waals surface area contributed by atoms with Gasteiger partial charge in [0.1, 0.15) is 18.2 Å². The molecular formula is C32H28N4O3. The highest BCUT2D eigenvalue weighted by atomic mass is 16.5. The van der Waals surface area contributed by atoms with E-state index in [2.05, 4.69) is 27.8 Å². The van der Waals surface area contributed by atoms with Crippen molar-refractivity contribution in [2.45, 2.75) is 33.4 Å². The maximum Gasteiger partial charge on any atom is 0.309 e. The molecule has 0 fully saturated rings. The maximum atomic E-state index is 11.9. The molecule has 3 aromatic carbocycles. The van der Waals surface area contributed by atoms with Gasteiger partial charge in [-0.15, -0.1) is 0 Å². The third kappa shape index (κ3) is 5.03. The largest absolute Gasteiger partial charge is 0.487 e. The van der Waals surface area contributed by atoms with Crippen LogP contribution >= 0.6 is 0 Å². The van der Waals surface area contributed by atoms with Crippen molar-refractivity contribution >= 4 is 38.7 Å². The summed E-state index contributed by atoms with van der Waals surface area (Å²) in [5, 5.41) is 13.1. The number of carboxylic acid groups (broad SMARTS) is 1. The number of aromatic nitrogens is 4. The first-order chi connectivity index (χ1) is 18.9. The van der Waals surface area contributed by atoms with Gasteiger partial charge in [-0.2, -0.15) is 0 Å². The van der Waals surface area contributed by atoms with E-state index in [0.717, 1.165) is 49.8 Å². The van der Waals surface area contributed by atoms with Gasteiger partial charge in [0.2, 0.25) is 0 Å². The Morgan fingerprint density at radius 2 is 1.74 bits per heavy atom. The van der Waals surface area contributed by atoms with Crippen LogP contribution in [0.3, 0.4) is 0 Å². The van der Waals surface area contributed by atoms with Crippen molar-refractivity contribution in [1.82, 2.24) is 19.5 Å². The zero-order valence-corrected chi connectivity index (χ0v) is 21.8. The Hall–Kier alpha value is -4.78. The number of fused-ring (bicyclic) bond motifs is 3. The number of carboxylic acids is 1. The molecule has 6 rings (SSSR count). The van der Waals surface area contributed by atoms with Gasteiger partial charge < -0.3 is 14.4 Å². The predicted octanol–water partition coefficient (Wildman–Crippen LogP) is 6.41. The van der Waals surface area contributed by atoms with Gasteiger partial charge in [-0.25, -0.2) is 9.97 Å². The summed E-state index contributed by atoms with van der Waals surface area (Å²) in [4.78, 5) is 25.7. The molecule has 0 aliphatic carbocycles. The molecule has 0 saturated carbocycles. The summed E-state index contributed by atoms with van der Waals surface area (Å²) in [6, 6.07) is 26.1. The fourth-order valence-electron chi connectivity index (χ4n) is 4.79. The maximum absolute atomic E-state index is 11.9. The number of aliphatic carboxylic acids is 1. The molecule has 0 aliphatic heterocycles. The molecule has 7 heteroatoms. The molecule has 0 aliphatic rings. The van der Waals surface area contributed by atoms with Gasteiger partial charge in [0.15, 0.2) is 0 Å². The summed E-state index contributed by atoms with van der Waals surface area (Å²) in [5.41, 5.74) is 3.61. The summed E-state index contributed by atoms with van der Waals surface area (Å²) < 4.78 is 8.20. The van der Waals surface area contributed by atoms with Crippen molar-refractivity contribution in [2.75, 3.05) is 0 Å². The Morgan fingerprint density at radius 1 is 0.897 bits per heavy atom. The summed E-state index contributed by atoms with van der Waals surface area (Å²) in [6.45, 7) is 4.36. The standard InChI is InChI=1S/C32H28N4O3/c1-32(2,31(37)38)17-30-35-28-16-26(39-20-25-10-9-22-5-3-4-6-27(22)34-25)11-12-29(28)36(30)19-21-7-8-24-18-33-14-13-23(24)15-21/h3-16,18H,17,19-20H2,1-2H3,(H,37,38). The van der Waals surface area contributed by atoms with Crippen LogP contribution in [0.15, 0.2) is 91.3 Å². The Bertz CT molecular complexity index is 1840. The van der Waals surface area contributed by atoms with Crippen LogP contribution in [0.2, 0.25) is 0 Å². The fourth-order valence-corrected chi connectivity index (χ4v) is 4.79. The molecular weight excluding hydrogens is 488 g/mol. The number of para-hydroxylation sites is 1. The highest BCUT2D eigenvalue weighted by Gasteiger charge is 2.30. The summed E-state index contributed by atoms with van der Waals surface area (Å²) in [5.74, 6) is 0.552. The van der Waals surface area contributed by atoms with E-state index in [-0.39, 0.29) is 0 Å². The summed E-state index contributed by atoms with van der Waals surface area (Å²) in [7, 11) is 0. The van der Waals surface area contributed by atoms with Crippen LogP contribution < -0.4 is 4.74 Å². The SMILES string of the molecule is CC(C)(Cc1nc2cc(OCc3ccc4ccccc4n3)ccc2n1Cc1ccc2cnccc2c1)C(=O)O. The van der Waals surface area contributed by atoms with Gasteiger partial charge in [0, 0.05) is 42.2 Å². The minimum Gasteiger partial charge on any atom is -0.487 e. The number of imidazole rings is 1. The van der Waals surface area contributed by atoms with Gasteiger partial charge >= 0.3 is 5.97 Å². The lowest BCUT2D eigenvalue weighted by Gasteiger charge is -2.19. The van der Waals surface area contributed by atoms with E-state index in [4.69, 9.17) is 14.7 Å². The van der Waals surface area contributed by atoms with Crippen molar-refractivity contribution in [2.24, 2.45) is 5.41 Å². The number of hydrogen-bond acceptors (Lipinski definition) is 5. The van der Waals surface area contributed by atoms with Crippen LogP contribution in [-0.2, 0) is 24.4 Å². The minimum absolute atomic E-state index is 0.297. The van der Waals surface area contributed by atoms with Crippen molar-refractivity contribution < 1.29 is 14.6 Å². The van der Waals surface area contributed by atoms with E-state index in [1.807, 2.05) is 66.9 Å². The van der Waals surface area contributed by atoms with Crippen LogP contribution in [0.4, 0.5) is 0 Å². The summed E-state index contributed by atoms with van der Waals surface area (Å²) >= 11 is 0. The van der Waals surface area contributed by atoms with Gasteiger partial charge in [-0.1, -0.05) is 36.4 Å². The molecule has 0 amide bonds. The molecule has 0 unspecified atom stereocenters. The lowest BCUT2D eigenvalue weighted by atomic mass is 9.89. The predicted molar refractivity (Wildman–Crippen MR) is 152 cm³/mol. The average Bonchev–Trinajstić information content (AvgIpc) is 3.26. The molecule has 194 valence electrons. The van der Waals surface area contributed by atoms with Gasteiger partial charge in [-0.3, -0.25) is 9.78 Å². The van der Waals surface area contributed by atoms with Crippen molar-refractivity contribution in [3.05, 3.63) is 108 Å². The van der Waals surface area contributed by atoms with Crippen LogP contribution in [0.1, 0.15) is 30.9 Å². The fraction of sp³-hybridized carbons (Fsp3) is 0.188. The normalized spacial score (nSPS) is 11.8. The third-order valence-corrected chi connectivity index (χ3v) is 7.07. The number of pyridine rings is 2. The summed E-state index contributed by atoms with van der Waals surface area (Å²) in [6.07, 6.45) is 3.93. The van der Waals surface area contributed by atoms with Crippen LogP contribution in [-0.4, -0.2) is 30.6 Å². The molecule has 3 heterocycles. The Balaban J connectivity index is 1.32. The first kappa shape index (κ1) is 24.6. The highest BCUT2D eigenvalue weighted by molar-refractivity contribution is 5.83. The van der Waals surface area contributed by atoms with Crippen LogP contribution in [0.5, 0.6) is 5.75 Å². The Labute approximate surface area is 225 Å². The van der Waals surface area contributed by atoms with E-state index < -0.39 is 11.4 Å². The second kappa shape index (κ2) is 9.83. The molecule has 3 aromatic heterocycles. The Kier molecular flexibility index (Phi) is 6.19. The smallest absolute Gasteiger partial charge is 0.309 e. The van der Waals surface area contributed by atoms with Gasteiger partial charge in [0.25, 0.3) is 0 Å². The molecule has 0 saturated heterocycles. The van der Waals surface area contributed by atoms with E-state index >= 15 is 0 Å². The van der Waals surface area contributed by atoms with Gasteiger partial charge in [-0.05, 0) is 61.2 Å². The number of rotatable bonds is 8. The molecule has 39 heavy (non-hydrogen) atoms. The van der Waals surface area contributed by atoms with Crippen LogP contribution in [0, 0.1) is 5.41 Å². The molecule has 0 bridgehead atoms. The molecule has 7 nitrogen and oxygen atoms in total. The van der Waals surface area contributed by atoms with E-state index in [1.54, 1.807) is 20.0 Å². The number of carbonyl (C=O) groups is 1. The average molecular weight is 517 g/mol. The zero-order valence-electron chi connectivity index (χ0n) is 21.8. The van der Waals surface area contributed by atoms with Crippen molar-refractivity contribution in [3.8, 4) is 5.75 Å². The first-order valence-electron chi connectivity index (χ1n) is 12.9. The van der Waals surface area contributed by atoms with Crippen molar-refractivity contribution in [3.63, 3.8) is 0 Å². The number of hydrogen-bond donors (Lipinski definition) is 1. The lowest BCUT2D eigenvalue weighted by molar-refractivity contribution is -0.146. The lowest BCUT2D eigenvalue weighted by Crippen LogP contribution is -2.27.